The number of nitrogens with two attached hydrogens (primary N) is 1. The molecule has 0 bridgehead atoms. The number of guanidine groups is 1. The topological polar surface area (TPSA) is 41.6 Å². The van der Waals surface area contributed by atoms with Gasteiger partial charge in [-0.25, -0.2) is 0 Å². The van der Waals surface area contributed by atoms with Crippen LogP contribution >= 0.6 is 24.8 Å². The monoisotopic (exact) mass is 225 g/mol. The van der Waals surface area contributed by atoms with E-state index in [2.05, 4.69) is 9.89 Å². The van der Waals surface area contributed by atoms with Crippen molar-refractivity contribution in [2.75, 3.05) is 13.1 Å². The Morgan fingerprint density at radius 1 is 1.23 bits per heavy atom. The van der Waals surface area contributed by atoms with Crippen LogP contribution in [0.2, 0.25) is 0 Å². The van der Waals surface area contributed by atoms with Crippen molar-refractivity contribution < 1.29 is 0 Å². The normalized spacial score (nSPS) is 22.2. The van der Waals surface area contributed by atoms with E-state index in [1.807, 2.05) is 0 Å². The first-order valence-electron chi connectivity index (χ1n) is 4.44. The molecule has 2 rings (SSSR count). The standard InChI is InChI=1S/C8H15N3.2ClH/c9-8-10-5-6-11(8)7-3-1-2-4-7;;/h7H,1-6H2,(H2,9,10);2*1H. The van der Waals surface area contributed by atoms with Gasteiger partial charge in [0.05, 0.1) is 6.54 Å². The lowest BCUT2D eigenvalue weighted by Gasteiger charge is -2.24. The Hall–Kier alpha value is -0.150. The van der Waals surface area contributed by atoms with Crippen LogP contribution in [0.25, 0.3) is 0 Å². The van der Waals surface area contributed by atoms with Crippen molar-refractivity contribution in [1.29, 1.82) is 0 Å². The molecule has 0 amide bonds. The first-order valence-corrected chi connectivity index (χ1v) is 4.44. The van der Waals surface area contributed by atoms with Crippen molar-refractivity contribution in [3.63, 3.8) is 0 Å². The molecule has 1 fully saturated rings. The lowest BCUT2D eigenvalue weighted by molar-refractivity contribution is 0.338. The average molecular weight is 226 g/mol. The summed E-state index contributed by atoms with van der Waals surface area (Å²) in [5.74, 6) is 0.775. The SMILES string of the molecule is Cl.Cl.NC1=NCCN1C1CCCC1. The molecule has 2 aliphatic rings. The Balaban J connectivity index is 0.000000720. The van der Waals surface area contributed by atoms with Crippen LogP contribution < -0.4 is 5.73 Å². The Morgan fingerprint density at radius 3 is 2.31 bits per heavy atom. The molecule has 0 spiro atoms. The number of halogens is 2. The lowest BCUT2D eigenvalue weighted by Crippen LogP contribution is -2.40. The van der Waals surface area contributed by atoms with Crippen molar-refractivity contribution in [3.05, 3.63) is 0 Å². The molecule has 1 aliphatic carbocycles. The molecule has 0 saturated heterocycles. The Labute approximate surface area is 91.6 Å². The molecule has 1 aliphatic heterocycles. The lowest BCUT2D eigenvalue weighted by atomic mass is 10.2. The molecule has 0 aromatic heterocycles. The van der Waals surface area contributed by atoms with Gasteiger partial charge in [-0.2, -0.15) is 0 Å². The van der Waals surface area contributed by atoms with Gasteiger partial charge in [0.1, 0.15) is 0 Å². The Morgan fingerprint density at radius 2 is 1.85 bits per heavy atom. The van der Waals surface area contributed by atoms with Crippen molar-refractivity contribution in [3.8, 4) is 0 Å². The van der Waals surface area contributed by atoms with E-state index in [4.69, 9.17) is 5.73 Å². The van der Waals surface area contributed by atoms with Gasteiger partial charge in [0.15, 0.2) is 5.96 Å². The molecule has 1 saturated carbocycles. The predicted octanol–water partition coefficient (Wildman–Crippen LogP) is 1.40. The van der Waals surface area contributed by atoms with Crippen LogP contribution in [-0.4, -0.2) is 30.0 Å². The molecule has 0 radical (unpaired) electrons. The molecule has 0 atom stereocenters. The number of nitrogens with zero attached hydrogens (tertiary/aromatic N) is 2. The first kappa shape index (κ1) is 12.8. The van der Waals surface area contributed by atoms with E-state index in [1.165, 1.54) is 25.7 Å². The van der Waals surface area contributed by atoms with Crippen molar-refractivity contribution in [2.24, 2.45) is 10.7 Å². The molecule has 0 aromatic carbocycles. The third-order valence-corrected chi connectivity index (χ3v) is 2.67. The zero-order valence-corrected chi connectivity index (χ0v) is 9.24. The molecular weight excluding hydrogens is 209 g/mol. The summed E-state index contributed by atoms with van der Waals surface area (Å²) in [5, 5.41) is 0. The zero-order valence-electron chi connectivity index (χ0n) is 7.61. The fourth-order valence-corrected chi connectivity index (χ4v) is 2.06. The van der Waals surface area contributed by atoms with Crippen LogP contribution in [0.3, 0.4) is 0 Å². The summed E-state index contributed by atoms with van der Waals surface area (Å²) in [6.07, 6.45) is 5.37. The Bertz CT molecular complexity index is 178. The summed E-state index contributed by atoms with van der Waals surface area (Å²) in [6, 6.07) is 0.709. The van der Waals surface area contributed by atoms with Gasteiger partial charge in [0.25, 0.3) is 0 Å². The summed E-state index contributed by atoms with van der Waals surface area (Å²) in [5.41, 5.74) is 5.73. The van der Waals surface area contributed by atoms with E-state index in [1.54, 1.807) is 0 Å². The quantitative estimate of drug-likeness (QED) is 0.734. The molecule has 2 N–H and O–H groups in total. The third kappa shape index (κ3) is 2.64. The smallest absolute Gasteiger partial charge is 0.191 e. The van der Waals surface area contributed by atoms with E-state index >= 15 is 0 Å². The summed E-state index contributed by atoms with van der Waals surface area (Å²) < 4.78 is 0. The first-order chi connectivity index (χ1) is 5.38. The molecular formula is C8H17Cl2N3. The van der Waals surface area contributed by atoms with Crippen LogP contribution in [0, 0.1) is 0 Å². The largest absolute Gasteiger partial charge is 0.370 e. The summed E-state index contributed by atoms with van der Waals surface area (Å²) in [6.45, 7) is 1.96. The minimum atomic E-state index is 0. The minimum Gasteiger partial charge on any atom is -0.370 e. The maximum Gasteiger partial charge on any atom is 0.191 e. The van der Waals surface area contributed by atoms with Gasteiger partial charge < -0.3 is 10.6 Å². The van der Waals surface area contributed by atoms with E-state index in [0.717, 1.165) is 19.0 Å². The van der Waals surface area contributed by atoms with Gasteiger partial charge in [-0.15, -0.1) is 24.8 Å². The highest BCUT2D eigenvalue weighted by atomic mass is 35.5. The van der Waals surface area contributed by atoms with Gasteiger partial charge in [0, 0.05) is 12.6 Å². The highest BCUT2D eigenvalue weighted by Gasteiger charge is 2.25. The van der Waals surface area contributed by atoms with Gasteiger partial charge in [-0.1, -0.05) is 12.8 Å². The molecule has 3 nitrogen and oxygen atoms in total. The zero-order chi connectivity index (χ0) is 7.68. The van der Waals surface area contributed by atoms with E-state index in [9.17, 15) is 0 Å². The summed E-state index contributed by atoms with van der Waals surface area (Å²) in [7, 11) is 0. The number of hydrogen-bond acceptors (Lipinski definition) is 3. The van der Waals surface area contributed by atoms with Crippen molar-refractivity contribution in [2.45, 2.75) is 31.7 Å². The molecule has 13 heavy (non-hydrogen) atoms. The van der Waals surface area contributed by atoms with Gasteiger partial charge >= 0.3 is 0 Å². The minimum absolute atomic E-state index is 0. The van der Waals surface area contributed by atoms with E-state index < -0.39 is 0 Å². The fourth-order valence-electron chi connectivity index (χ4n) is 2.06. The Kier molecular flexibility index (Phi) is 5.49. The van der Waals surface area contributed by atoms with Gasteiger partial charge in [0.2, 0.25) is 0 Å². The fraction of sp³-hybridized carbons (Fsp3) is 0.875. The van der Waals surface area contributed by atoms with E-state index in [0.29, 0.717) is 6.04 Å². The van der Waals surface area contributed by atoms with Crippen molar-refractivity contribution >= 4 is 30.8 Å². The molecule has 78 valence electrons. The maximum atomic E-state index is 5.73. The number of rotatable bonds is 1. The highest BCUT2D eigenvalue weighted by Crippen LogP contribution is 2.24. The summed E-state index contributed by atoms with van der Waals surface area (Å²) >= 11 is 0. The number of hydrogen-bond donors (Lipinski definition) is 1. The van der Waals surface area contributed by atoms with Crippen LogP contribution in [-0.2, 0) is 0 Å². The van der Waals surface area contributed by atoms with Crippen LogP contribution in [0.1, 0.15) is 25.7 Å². The van der Waals surface area contributed by atoms with Gasteiger partial charge in [-0.05, 0) is 12.8 Å². The number of aliphatic imine (C=N–C) groups is 1. The second-order valence-electron chi connectivity index (χ2n) is 3.37. The van der Waals surface area contributed by atoms with Crippen molar-refractivity contribution in [1.82, 2.24) is 4.90 Å². The second-order valence-corrected chi connectivity index (χ2v) is 3.37. The van der Waals surface area contributed by atoms with Crippen LogP contribution in [0.5, 0.6) is 0 Å². The summed E-state index contributed by atoms with van der Waals surface area (Å²) in [4.78, 5) is 6.45. The molecule has 0 aromatic rings. The molecule has 1 heterocycles. The second kappa shape index (κ2) is 5.55. The third-order valence-electron chi connectivity index (χ3n) is 2.67. The predicted molar refractivity (Wildman–Crippen MR) is 59.9 cm³/mol. The van der Waals surface area contributed by atoms with Crippen LogP contribution in [0.4, 0.5) is 0 Å². The van der Waals surface area contributed by atoms with Crippen LogP contribution in [0.15, 0.2) is 4.99 Å². The van der Waals surface area contributed by atoms with Gasteiger partial charge in [-0.3, -0.25) is 4.99 Å². The average Bonchev–Trinajstić information content (AvgIpc) is 2.55. The maximum absolute atomic E-state index is 5.73. The highest BCUT2D eigenvalue weighted by molar-refractivity contribution is 5.85. The molecule has 0 unspecified atom stereocenters. The molecule has 5 heteroatoms. The van der Waals surface area contributed by atoms with E-state index in [-0.39, 0.29) is 24.8 Å².